The molecule has 1 heterocycles. The van der Waals surface area contributed by atoms with Crippen LogP contribution in [0.4, 0.5) is 0 Å². The summed E-state index contributed by atoms with van der Waals surface area (Å²) in [6, 6.07) is -0.507. The minimum Gasteiger partial charge on any atom is -0.292 e. The molecule has 15 heavy (non-hydrogen) atoms. The summed E-state index contributed by atoms with van der Waals surface area (Å²) < 4.78 is 0. The van der Waals surface area contributed by atoms with E-state index in [4.69, 9.17) is 5.84 Å². The zero-order valence-corrected chi connectivity index (χ0v) is 8.65. The smallest absolute Gasteiger partial charge is 0.264 e. The van der Waals surface area contributed by atoms with Gasteiger partial charge in [-0.25, -0.2) is 5.84 Å². The SMILES string of the molecule is NNC(=O)C1C=C(C2CCCCC2)N=N1. The zero-order valence-electron chi connectivity index (χ0n) is 8.65. The average molecular weight is 208 g/mol. The van der Waals surface area contributed by atoms with Crippen LogP contribution in [0.1, 0.15) is 32.1 Å². The number of hydrogen-bond acceptors (Lipinski definition) is 4. The van der Waals surface area contributed by atoms with Gasteiger partial charge in [-0.15, -0.1) is 0 Å². The van der Waals surface area contributed by atoms with E-state index in [1.807, 2.05) is 6.08 Å². The Morgan fingerprint density at radius 3 is 2.80 bits per heavy atom. The van der Waals surface area contributed by atoms with Gasteiger partial charge in [0.05, 0.1) is 5.70 Å². The molecular weight excluding hydrogens is 192 g/mol. The van der Waals surface area contributed by atoms with Gasteiger partial charge in [0.2, 0.25) is 0 Å². The number of carbonyl (C=O) groups is 1. The molecule has 0 bridgehead atoms. The first kappa shape index (κ1) is 10.3. The van der Waals surface area contributed by atoms with Crippen molar-refractivity contribution in [3.63, 3.8) is 0 Å². The molecule has 1 saturated carbocycles. The third kappa shape index (κ3) is 2.23. The fourth-order valence-electron chi connectivity index (χ4n) is 2.19. The number of hydrazine groups is 1. The quantitative estimate of drug-likeness (QED) is 0.407. The highest BCUT2D eigenvalue weighted by Gasteiger charge is 2.25. The van der Waals surface area contributed by atoms with Crippen molar-refractivity contribution in [2.45, 2.75) is 38.1 Å². The van der Waals surface area contributed by atoms with Gasteiger partial charge >= 0.3 is 0 Å². The molecule has 1 fully saturated rings. The summed E-state index contributed by atoms with van der Waals surface area (Å²) in [6.45, 7) is 0. The summed E-state index contributed by atoms with van der Waals surface area (Å²) in [5.41, 5.74) is 3.07. The van der Waals surface area contributed by atoms with E-state index in [9.17, 15) is 4.79 Å². The second-order valence-corrected chi connectivity index (χ2v) is 4.10. The molecule has 0 saturated heterocycles. The zero-order chi connectivity index (χ0) is 10.7. The molecule has 0 spiro atoms. The molecule has 1 aliphatic heterocycles. The van der Waals surface area contributed by atoms with Crippen LogP contribution in [0.15, 0.2) is 22.0 Å². The average Bonchev–Trinajstić information content (AvgIpc) is 2.78. The minimum absolute atomic E-state index is 0.287. The van der Waals surface area contributed by atoms with E-state index in [1.165, 1.54) is 32.1 Å². The molecule has 5 nitrogen and oxygen atoms in total. The van der Waals surface area contributed by atoms with Crippen molar-refractivity contribution in [3.8, 4) is 0 Å². The Bertz CT molecular complexity index is 305. The number of nitrogens with one attached hydrogen (secondary N) is 1. The lowest BCUT2D eigenvalue weighted by molar-refractivity contribution is -0.121. The summed E-state index contributed by atoms with van der Waals surface area (Å²) in [4.78, 5) is 11.2. The monoisotopic (exact) mass is 208 g/mol. The van der Waals surface area contributed by atoms with Gasteiger partial charge in [-0.05, 0) is 18.9 Å². The van der Waals surface area contributed by atoms with E-state index >= 15 is 0 Å². The second kappa shape index (κ2) is 4.53. The second-order valence-electron chi connectivity index (χ2n) is 4.10. The maximum absolute atomic E-state index is 11.2. The number of rotatable bonds is 2. The molecule has 0 aromatic carbocycles. The number of amides is 1. The lowest BCUT2D eigenvalue weighted by Crippen LogP contribution is -2.36. The first-order chi connectivity index (χ1) is 7.31. The summed E-state index contributed by atoms with van der Waals surface area (Å²) in [5, 5.41) is 7.98. The summed E-state index contributed by atoms with van der Waals surface area (Å²) in [5.74, 6) is 5.26. The number of azo groups is 1. The molecule has 1 unspecified atom stereocenters. The first-order valence-corrected chi connectivity index (χ1v) is 5.44. The molecule has 0 radical (unpaired) electrons. The van der Waals surface area contributed by atoms with E-state index in [0.29, 0.717) is 5.92 Å². The highest BCUT2D eigenvalue weighted by molar-refractivity contribution is 5.83. The molecule has 82 valence electrons. The molecular formula is C10H16N4O. The van der Waals surface area contributed by atoms with E-state index in [-0.39, 0.29) is 5.91 Å². The number of carbonyl (C=O) groups excluding carboxylic acids is 1. The van der Waals surface area contributed by atoms with Crippen molar-refractivity contribution in [1.82, 2.24) is 5.43 Å². The Kier molecular flexibility index (Phi) is 3.11. The van der Waals surface area contributed by atoms with Crippen LogP contribution >= 0.6 is 0 Å². The van der Waals surface area contributed by atoms with E-state index in [0.717, 1.165) is 5.70 Å². The lowest BCUT2D eigenvalue weighted by atomic mass is 9.87. The van der Waals surface area contributed by atoms with Gasteiger partial charge in [0, 0.05) is 5.92 Å². The van der Waals surface area contributed by atoms with Crippen LogP contribution in [0, 0.1) is 5.92 Å². The van der Waals surface area contributed by atoms with Crippen LogP contribution in [0.5, 0.6) is 0 Å². The van der Waals surface area contributed by atoms with Crippen molar-refractivity contribution in [2.75, 3.05) is 0 Å². The van der Waals surface area contributed by atoms with Crippen molar-refractivity contribution in [1.29, 1.82) is 0 Å². The van der Waals surface area contributed by atoms with Crippen LogP contribution < -0.4 is 11.3 Å². The number of nitrogens with zero attached hydrogens (tertiary/aromatic N) is 2. The van der Waals surface area contributed by atoms with E-state index < -0.39 is 6.04 Å². The Balaban J connectivity index is 1.99. The van der Waals surface area contributed by atoms with Gasteiger partial charge < -0.3 is 0 Å². The summed E-state index contributed by atoms with van der Waals surface area (Å²) >= 11 is 0. The lowest BCUT2D eigenvalue weighted by Gasteiger charge is -2.20. The first-order valence-electron chi connectivity index (χ1n) is 5.44. The Morgan fingerprint density at radius 2 is 2.13 bits per heavy atom. The fourth-order valence-corrected chi connectivity index (χ4v) is 2.19. The van der Waals surface area contributed by atoms with Gasteiger partial charge in [0.15, 0.2) is 6.04 Å². The van der Waals surface area contributed by atoms with Gasteiger partial charge in [-0.3, -0.25) is 10.2 Å². The molecule has 1 aliphatic carbocycles. The third-order valence-corrected chi connectivity index (χ3v) is 3.06. The van der Waals surface area contributed by atoms with Crippen LogP contribution in [-0.2, 0) is 4.79 Å². The van der Waals surface area contributed by atoms with Crippen molar-refractivity contribution < 1.29 is 4.79 Å². The molecule has 0 aromatic heterocycles. The fraction of sp³-hybridized carbons (Fsp3) is 0.700. The standard InChI is InChI=1S/C10H16N4O/c11-12-10(15)9-6-8(13-14-9)7-4-2-1-3-5-7/h6-7,9H,1-5,11H2,(H,12,15). The van der Waals surface area contributed by atoms with E-state index in [2.05, 4.69) is 15.7 Å². The minimum atomic E-state index is -0.507. The maximum Gasteiger partial charge on any atom is 0.264 e. The number of nitrogens with two attached hydrogens (primary N) is 1. The molecule has 1 atom stereocenters. The molecule has 0 aromatic rings. The Hall–Kier alpha value is -1.23. The van der Waals surface area contributed by atoms with Crippen LogP contribution in [0.2, 0.25) is 0 Å². The normalized spacial score (nSPS) is 26.5. The maximum atomic E-state index is 11.2. The Labute approximate surface area is 88.8 Å². The molecule has 1 amide bonds. The predicted molar refractivity (Wildman–Crippen MR) is 55.6 cm³/mol. The number of allylic oxidation sites excluding steroid dienone is 1. The molecule has 5 heteroatoms. The van der Waals surface area contributed by atoms with Crippen molar-refractivity contribution >= 4 is 5.91 Å². The predicted octanol–water partition coefficient (Wildman–Crippen LogP) is 1.27. The topological polar surface area (TPSA) is 79.8 Å². The third-order valence-electron chi connectivity index (χ3n) is 3.06. The van der Waals surface area contributed by atoms with E-state index in [1.54, 1.807) is 0 Å². The summed E-state index contributed by atoms with van der Waals surface area (Å²) in [7, 11) is 0. The Morgan fingerprint density at radius 1 is 1.40 bits per heavy atom. The van der Waals surface area contributed by atoms with Crippen LogP contribution in [0.3, 0.4) is 0 Å². The largest absolute Gasteiger partial charge is 0.292 e. The van der Waals surface area contributed by atoms with Gasteiger partial charge in [-0.2, -0.15) is 10.2 Å². The highest BCUT2D eigenvalue weighted by Crippen LogP contribution is 2.32. The van der Waals surface area contributed by atoms with Gasteiger partial charge in [0.25, 0.3) is 5.91 Å². The van der Waals surface area contributed by atoms with Crippen molar-refractivity contribution in [3.05, 3.63) is 11.8 Å². The van der Waals surface area contributed by atoms with Crippen LogP contribution in [-0.4, -0.2) is 11.9 Å². The molecule has 2 aliphatic rings. The molecule has 3 N–H and O–H groups in total. The number of hydrogen-bond donors (Lipinski definition) is 2. The summed E-state index contributed by atoms with van der Waals surface area (Å²) in [6.07, 6.45) is 7.99. The van der Waals surface area contributed by atoms with Gasteiger partial charge in [-0.1, -0.05) is 19.3 Å². The molecule has 2 rings (SSSR count). The van der Waals surface area contributed by atoms with Gasteiger partial charge in [0.1, 0.15) is 0 Å². The van der Waals surface area contributed by atoms with Crippen molar-refractivity contribution in [2.24, 2.45) is 22.0 Å². The van der Waals surface area contributed by atoms with Crippen LogP contribution in [0.25, 0.3) is 0 Å². The highest BCUT2D eigenvalue weighted by atomic mass is 16.2.